The number of hydrogen-bond acceptors (Lipinski definition) is 4. The highest BCUT2D eigenvalue weighted by Crippen LogP contribution is 2.58. The van der Waals surface area contributed by atoms with Crippen LogP contribution in [0.3, 0.4) is 0 Å². The summed E-state index contributed by atoms with van der Waals surface area (Å²) in [6.45, 7) is 5.64. The van der Waals surface area contributed by atoms with Gasteiger partial charge in [-0.05, 0) is 7.05 Å². The predicted molar refractivity (Wildman–Crippen MR) is 55.2 cm³/mol. The normalized spacial score (nSPS) is 46.1. The van der Waals surface area contributed by atoms with E-state index < -0.39 is 0 Å². The van der Waals surface area contributed by atoms with Crippen molar-refractivity contribution in [1.82, 2.24) is 9.80 Å². The quantitative estimate of drug-likeness (QED) is 0.595. The Bertz CT molecular complexity index is 293. The number of nitrogens with zero attached hydrogens (tertiary/aromatic N) is 3. The highest BCUT2D eigenvalue weighted by molar-refractivity contribution is 5.33. The molecular weight excluding hydrogens is 190 g/mol. The van der Waals surface area contributed by atoms with E-state index in [2.05, 4.69) is 22.9 Å². The van der Waals surface area contributed by atoms with Crippen molar-refractivity contribution in [2.75, 3.05) is 46.4 Å². The molecule has 1 unspecified atom stereocenters. The monoisotopic (exact) mass is 207 g/mol. The van der Waals surface area contributed by atoms with Gasteiger partial charge in [-0.2, -0.15) is 5.26 Å². The number of ether oxygens (including phenoxy) is 1. The van der Waals surface area contributed by atoms with Crippen molar-refractivity contribution in [2.45, 2.75) is 5.54 Å². The van der Waals surface area contributed by atoms with Crippen molar-refractivity contribution in [3.8, 4) is 6.07 Å². The molecule has 0 aromatic rings. The van der Waals surface area contributed by atoms with Crippen LogP contribution in [0.15, 0.2) is 0 Å². The second-order valence-electron chi connectivity index (χ2n) is 4.97. The summed E-state index contributed by atoms with van der Waals surface area (Å²) < 4.78 is 5.35. The molecule has 3 atom stereocenters. The van der Waals surface area contributed by atoms with Crippen LogP contribution >= 0.6 is 0 Å². The second-order valence-corrected chi connectivity index (χ2v) is 4.97. The number of nitriles is 1. The zero-order valence-electron chi connectivity index (χ0n) is 9.15. The number of hydrogen-bond donors (Lipinski definition) is 0. The van der Waals surface area contributed by atoms with E-state index in [0.717, 1.165) is 39.4 Å². The largest absolute Gasteiger partial charge is 0.379 e. The van der Waals surface area contributed by atoms with Gasteiger partial charge >= 0.3 is 0 Å². The second kappa shape index (κ2) is 3.18. The molecule has 15 heavy (non-hydrogen) atoms. The first-order valence-electron chi connectivity index (χ1n) is 5.71. The highest BCUT2D eigenvalue weighted by Gasteiger charge is 2.71. The number of fused-ring (bicyclic) bond motifs is 1. The van der Waals surface area contributed by atoms with Gasteiger partial charge in [0.15, 0.2) is 0 Å². The fraction of sp³-hybridized carbons (Fsp3) is 0.909. The molecule has 0 amide bonds. The van der Waals surface area contributed by atoms with Gasteiger partial charge in [0.05, 0.1) is 19.3 Å². The van der Waals surface area contributed by atoms with Crippen molar-refractivity contribution in [2.24, 2.45) is 11.8 Å². The minimum absolute atomic E-state index is 0.129. The van der Waals surface area contributed by atoms with Crippen LogP contribution in [-0.2, 0) is 4.74 Å². The Morgan fingerprint density at radius 2 is 1.87 bits per heavy atom. The molecule has 0 bridgehead atoms. The molecule has 0 N–H and O–H groups in total. The predicted octanol–water partition coefficient (Wildman–Crippen LogP) is -0.228. The maximum Gasteiger partial charge on any atom is 0.118 e. The minimum Gasteiger partial charge on any atom is -0.379 e. The van der Waals surface area contributed by atoms with Crippen molar-refractivity contribution in [1.29, 1.82) is 5.26 Å². The SMILES string of the molecule is CN1C[C@@H]2[C@H](C1)C2(C#N)N1CCOCC1. The van der Waals surface area contributed by atoms with Crippen LogP contribution in [-0.4, -0.2) is 61.8 Å². The number of morpholine rings is 1. The van der Waals surface area contributed by atoms with Gasteiger partial charge in [0.2, 0.25) is 0 Å². The van der Waals surface area contributed by atoms with Crippen molar-refractivity contribution in [3.63, 3.8) is 0 Å². The minimum atomic E-state index is -0.129. The van der Waals surface area contributed by atoms with Crippen LogP contribution in [0.4, 0.5) is 0 Å². The maximum absolute atomic E-state index is 9.45. The maximum atomic E-state index is 9.45. The molecule has 1 aliphatic carbocycles. The first kappa shape index (κ1) is 9.59. The first-order valence-corrected chi connectivity index (χ1v) is 5.71. The van der Waals surface area contributed by atoms with Gasteiger partial charge in [-0.25, -0.2) is 0 Å². The van der Waals surface area contributed by atoms with Crippen LogP contribution in [0, 0.1) is 23.2 Å². The van der Waals surface area contributed by atoms with E-state index in [1.54, 1.807) is 0 Å². The summed E-state index contributed by atoms with van der Waals surface area (Å²) in [5.41, 5.74) is -0.129. The molecule has 3 rings (SSSR count). The molecule has 3 fully saturated rings. The molecule has 4 nitrogen and oxygen atoms in total. The summed E-state index contributed by atoms with van der Waals surface area (Å²) in [5.74, 6) is 1.18. The van der Waals surface area contributed by atoms with Gasteiger partial charge in [-0.3, -0.25) is 4.90 Å². The Balaban J connectivity index is 1.76. The van der Waals surface area contributed by atoms with E-state index in [1.165, 1.54) is 0 Å². The van der Waals surface area contributed by atoms with Gasteiger partial charge in [0.25, 0.3) is 0 Å². The standard InChI is InChI=1S/C11H17N3O/c1-13-6-9-10(7-13)11(9,8-12)14-2-4-15-5-3-14/h9-10H,2-7H2,1H3/t9-,10+,11?. The third-order valence-electron chi connectivity index (χ3n) is 4.24. The van der Waals surface area contributed by atoms with Crippen molar-refractivity contribution in [3.05, 3.63) is 0 Å². The topological polar surface area (TPSA) is 39.5 Å². The molecule has 0 spiro atoms. The van der Waals surface area contributed by atoms with E-state index >= 15 is 0 Å². The summed E-state index contributed by atoms with van der Waals surface area (Å²) in [5, 5.41) is 9.45. The lowest BCUT2D eigenvalue weighted by Gasteiger charge is -2.34. The molecule has 0 radical (unpaired) electrons. The van der Waals surface area contributed by atoms with Crippen LogP contribution < -0.4 is 0 Å². The molecule has 2 heterocycles. The van der Waals surface area contributed by atoms with E-state index in [0.29, 0.717) is 11.8 Å². The lowest BCUT2D eigenvalue weighted by Crippen LogP contribution is -2.49. The van der Waals surface area contributed by atoms with E-state index in [1.807, 2.05) is 0 Å². The molecule has 0 aromatic heterocycles. The lowest BCUT2D eigenvalue weighted by atomic mass is 10.1. The van der Waals surface area contributed by atoms with Crippen LogP contribution in [0.5, 0.6) is 0 Å². The summed E-state index contributed by atoms with van der Waals surface area (Å²) in [6, 6.07) is 2.59. The zero-order valence-corrected chi connectivity index (χ0v) is 9.15. The number of rotatable bonds is 1. The van der Waals surface area contributed by atoms with E-state index in [9.17, 15) is 5.26 Å². The third kappa shape index (κ3) is 1.17. The Morgan fingerprint density at radius 1 is 1.27 bits per heavy atom. The van der Waals surface area contributed by atoms with Crippen LogP contribution in [0.2, 0.25) is 0 Å². The Labute approximate surface area is 90.4 Å². The summed E-state index contributed by atoms with van der Waals surface area (Å²) in [7, 11) is 2.15. The third-order valence-corrected chi connectivity index (χ3v) is 4.24. The fourth-order valence-electron chi connectivity index (χ4n) is 3.44. The van der Waals surface area contributed by atoms with Gasteiger partial charge in [0.1, 0.15) is 5.54 Å². The Hall–Kier alpha value is -0.630. The van der Waals surface area contributed by atoms with Gasteiger partial charge < -0.3 is 9.64 Å². The summed E-state index contributed by atoms with van der Waals surface area (Å²) in [6.07, 6.45) is 0. The zero-order chi connectivity index (χ0) is 10.5. The summed E-state index contributed by atoms with van der Waals surface area (Å²) in [4.78, 5) is 4.70. The Morgan fingerprint density at radius 3 is 2.40 bits per heavy atom. The van der Waals surface area contributed by atoms with Gasteiger partial charge in [0, 0.05) is 38.0 Å². The van der Waals surface area contributed by atoms with Crippen LogP contribution in [0.1, 0.15) is 0 Å². The smallest absolute Gasteiger partial charge is 0.118 e. The molecule has 4 heteroatoms. The lowest BCUT2D eigenvalue weighted by molar-refractivity contribution is 0.0112. The molecular formula is C11H17N3O. The average Bonchev–Trinajstić information content (AvgIpc) is 2.67. The van der Waals surface area contributed by atoms with Crippen LogP contribution in [0.25, 0.3) is 0 Å². The molecule has 82 valence electrons. The summed E-state index contributed by atoms with van der Waals surface area (Å²) >= 11 is 0. The molecule has 1 saturated carbocycles. The van der Waals surface area contributed by atoms with Crippen molar-refractivity contribution < 1.29 is 4.74 Å². The molecule has 2 saturated heterocycles. The number of likely N-dealkylation sites (tertiary alicyclic amines) is 1. The Kier molecular flexibility index (Phi) is 2.03. The highest BCUT2D eigenvalue weighted by atomic mass is 16.5. The molecule has 3 aliphatic rings. The van der Waals surface area contributed by atoms with E-state index in [-0.39, 0.29) is 5.54 Å². The van der Waals surface area contributed by atoms with Gasteiger partial charge in [-0.15, -0.1) is 0 Å². The van der Waals surface area contributed by atoms with E-state index in [4.69, 9.17) is 4.74 Å². The molecule has 2 aliphatic heterocycles. The molecule has 0 aromatic carbocycles. The number of piperidine rings is 1. The van der Waals surface area contributed by atoms with Gasteiger partial charge in [-0.1, -0.05) is 0 Å². The first-order chi connectivity index (χ1) is 7.29. The van der Waals surface area contributed by atoms with Crippen molar-refractivity contribution >= 4 is 0 Å². The average molecular weight is 207 g/mol. The fourth-order valence-corrected chi connectivity index (χ4v) is 3.44.